The molecule has 2 aliphatic rings. The maximum absolute atomic E-state index is 11.8. The van der Waals surface area contributed by atoms with E-state index in [-0.39, 0.29) is 36.7 Å². The third-order valence-electron chi connectivity index (χ3n) is 4.04. The predicted molar refractivity (Wildman–Crippen MR) is 95.4 cm³/mol. The van der Waals surface area contributed by atoms with Crippen molar-refractivity contribution >= 4 is 36.0 Å². The van der Waals surface area contributed by atoms with Gasteiger partial charge in [0.25, 0.3) is 0 Å². The van der Waals surface area contributed by atoms with E-state index < -0.39 is 17.4 Å². The molecule has 0 aliphatic carbocycles. The lowest BCUT2D eigenvalue weighted by molar-refractivity contribution is -0.156. The topological polar surface area (TPSA) is 139 Å². The van der Waals surface area contributed by atoms with Crippen molar-refractivity contribution in [2.75, 3.05) is 26.4 Å². The third kappa shape index (κ3) is 4.05. The van der Waals surface area contributed by atoms with Crippen molar-refractivity contribution in [2.24, 2.45) is 11.1 Å². The van der Waals surface area contributed by atoms with Crippen LogP contribution in [0.25, 0.3) is 0 Å². The van der Waals surface area contributed by atoms with Gasteiger partial charge < -0.3 is 21.1 Å². The van der Waals surface area contributed by atoms with Gasteiger partial charge in [-0.25, -0.2) is 4.68 Å². The quantitative estimate of drug-likeness (QED) is 0.538. The Labute approximate surface area is 156 Å². The zero-order chi connectivity index (χ0) is 17.9. The maximum Gasteiger partial charge on any atom is 0.312 e. The number of aliphatic carboxylic acids is 1. The van der Waals surface area contributed by atoms with Crippen LogP contribution in [0.1, 0.15) is 12.7 Å². The molecular weight excluding hydrogens is 370 g/mol. The van der Waals surface area contributed by atoms with Crippen LogP contribution in [-0.2, 0) is 22.6 Å². The molecule has 3 atom stereocenters. The molecule has 1 aromatic rings. The highest BCUT2D eigenvalue weighted by atomic mass is 35.5. The van der Waals surface area contributed by atoms with Gasteiger partial charge in [0.2, 0.25) is 5.91 Å². The van der Waals surface area contributed by atoms with E-state index >= 15 is 0 Å². The number of nitrogens with two attached hydrogens (primary N) is 1. The molecule has 25 heavy (non-hydrogen) atoms. The number of rotatable bonds is 4. The number of β-lactam (4-membered cyclic amide) rings is 1. The molecular formula is C13H24ClN7O3S. The Hall–Kier alpha value is -1.43. The number of thioether (sulfide) groups is 1. The number of aromatic nitrogens is 4. The number of carboxylic acids is 1. The Morgan fingerprint density at radius 3 is 2.72 bits per heavy atom. The first-order valence-electron chi connectivity index (χ1n) is 7.64. The summed E-state index contributed by atoms with van der Waals surface area (Å²) < 4.78 is 1.57. The summed E-state index contributed by atoms with van der Waals surface area (Å²) in [5.41, 5.74) is 4.66. The molecule has 1 aromatic heterocycles. The molecule has 142 valence electrons. The van der Waals surface area contributed by atoms with Crippen LogP contribution in [0.4, 0.5) is 0 Å². The number of carbonyl (C=O) groups is 2. The Morgan fingerprint density at radius 2 is 2.16 bits per heavy atom. The molecule has 2 unspecified atom stereocenters. The molecule has 12 heteroatoms. The number of amides is 1. The number of aryl methyl sites for hydroxylation is 1. The molecule has 1 amide bonds. The van der Waals surface area contributed by atoms with Crippen LogP contribution in [0, 0.1) is 5.41 Å². The van der Waals surface area contributed by atoms with Crippen molar-refractivity contribution in [1.29, 1.82) is 0 Å². The number of carbonyl (C=O) groups excluding carboxylic acids is 1. The van der Waals surface area contributed by atoms with Gasteiger partial charge in [0.1, 0.15) is 16.8 Å². The van der Waals surface area contributed by atoms with Crippen molar-refractivity contribution in [3.8, 4) is 0 Å². The second kappa shape index (κ2) is 8.79. The van der Waals surface area contributed by atoms with Gasteiger partial charge in [0.05, 0.1) is 0 Å². The number of hydrogen-bond donors (Lipinski definition) is 3. The zero-order valence-corrected chi connectivity index (χ0v) is 16.0. The molecule has 4 N–H and O–H groups in total. The minimum atomic E-state index is -1.07. The summed E-state index contributed by atoms with van der Waals surface area (Å²) in [6.45, 7) is 2.61. The molecule has 0 bridgehead atoms. The van der Waals surface area contributed by atoms with Gasteiger partial charge in [-0.2, -0.15) is 0 Å². The lowest BCUT2D eigenvalue weighted by atomic mass is 9.83. The Bertz CT molecular complexity index is 616. The maximum atomic E-state index is 11.8. The molecule has 10 nitrogen and oxygen atoms in total. The fourth-order valence-electron chi connectivity index (χ4n) is 2.74. The summed E-state index contributed by atoms with van der Waals surface area (Å²) in [6.07, 6.45) is 0.196. The highest BCUT2D eigenvalue weighted by Gasteiger charge is 2.56. The van der Waals surface area contributed by atoms with E-state index in [1.54, 1.807) is 9.58 Å². The monoisotopic (exact) mass is 393 g/mol. The van der Waals surface area contributed by atoms with Gasteiger partial charge in [0, 0.05) is 25.3 Å². The predicted octanol–water partition coefficient (Wildman–Crippen LogP) is -1.19. The van der Waals surface area contributed by atoms with Crippen LogP contribution in [0.5, 0.6) is 0 Å². The molecule has 2 aliphatic heterocycles. The SMILES string of the molecule is CCn1nnnc1CC1(C(=O)O)CS[C@@H]2C(N)C(=O)N2C1.CNC.Cl. The lowest BCUT2D eigenvalue weighted by Gasteiger charge is -2.52. The van der Waals surface area contributed by atoms with Gasteiger partial charge in [-0.15, -0.1) is 29.3 Å². The lowest BCUT2D eigenvalue weighted by Crippen LogP contribution is -2.72. The van der Waals surface area contributed by atoms with Crippen LogP contribution >= 0.6 is 24.2 Å². The van der Waals surface area contributed by atoms with Gasteiger partial charge in [-0.05, 0) is 31.4 Å². The molecule has 0 saturated carbocycles. The number of hydrogen-bond acceptors (Lipinski definition) is 8. The standard InChI is InChI=1S/C11H16N6O3S.C2H7N.ClH/c1-2-17-6(13-14-15-17)3-11(10(19)20)4-16-8(18)7(12)9(16)21-5-11;1-3-2;/h7,9H,2-5,12H2,1H3,(H,19,20);3H,1-2H3;1H/t7?,9-,11?;;/m1../s1. The average Bonchev–Trinajstić information content (AvgIpc) is 3.01. The van der Waals surface area contributed by atoms with E-state index in [2.05, 4.69) is 20.8 Å². The van der Waals surface area contributed by atoms with Crippen LogP contribution in [-0.4, -0.2) is 79.9 Å². The minimum Gasteiger partial charge on any atom is -0.481 e. The second-order valence-electron chi connectivity index (χ2n) is 5.87. The Morgan fingerprint density at radius 1 is 1.52 bits per heavy atom. The van der Waals surface area contributed by atoms with Crippen molar-refractivity contribution in [1.82, 2.24) is 30.4 Å². The third-order valence-corrected chi connectivity index (χ3v) is 5.65. The van der Waals surface area contributed by atoms with E-state index in [4.69, 9.17) is 5.73 Å². The van der Waals surface area contributed by atoms with Crippen LogP contribution in [0.15, 0.2) is 0 Å². The molecule has 0 radical (unpaired) electrons. The van der Waals surface area contributed by atoms with E-state index in [1.807, 2.05) is 21.0 Å². The van der Waals surface area contributed by atoms with E-state index in [0.29, 0.717) is 18.1 Å². The Kier molecular flexibility index (Phi) is 7.60. The first-order chi connectivity index (χ1) is 11.4. The van der Waals surface area contributed by atoms with Gasteiger partial charge in [-0.3, -0.25) is 9.59 Å². The first-order valence-corrected chi connectivity index (χ1v) is 8.69. The normalized spacial score (nSPS) is 27.4. The second-order valence-corrected chi connectivity index (χ2v) is 6.97. The number of nitrogens with one attached hydrogen (secondary N) is 1. The summed E-state index contributed by atoms with van der Waals surface area (Å²) in [6, 6.07) is -0.511. The van der Waals surface area contributed by atoms with Crippen molar-refractivity contribution < 1.29 is 14.7 Å². The smallest absolute Gasteiger partial charge is 0.312 e. The fourth-order valence-corrected chi connectivity index (χ4v) is 4.23. The summed E-state index contributed by atoms with van der Waals surface area (Å²) in [4.78, 5) is 25.1. The van der Waals surface area contributed by atoms with Crippen molar-refractivity contribution in [3.63, 3.8) is 0 Å². The number of carboxylic acid groups (broad SMARTS) is 1. The molecule has 2 fully saturated rings. The molecule has 2 saturated heterocycles. The largest absolute Gasteiger partial charge is 0.481 e. The van der Waals surface area contributed by atoms with E-state index in [9.17, 15) is 14.7 Å². The summed E-state index contributed by atoms with van der Waals surface area (Å²) in [5.74, 6) is -0.211. The number of halogens is 1. The molecule has 3 heterocycles. The van der Waals surface area contributed by atoms with E-state index in [1.165, 1.54) is 11.8 Å². The number of tetrazole rings is 1. The highest BCUT2D eigenvalue weighted by molar-refractivity contribution is 8.00. The molecule has 0 spiro atoms. The Balaban J connectivity index is 0.000000730. The highest BCUT2D eigenvalue weighted by Crippen LogP contribution is 2.42. The van der Waals surface area contributed by atoms with Crippen molar-refractivity contribution in [2.45, 2.75) is 31.3 Å². The first kappa shape index (κ1) is 21.6. The van der Waals surface area contributed by atoms with Crippen LogP contribution in [0.3, 0.4) is 0 Å². The van der Waals surface area contributed by atoms with Crippen LogP contribution < -0.4 is 11.1 Å². The molecule has 0 aromatic carbocycles. The average molecular weight is 394 g/mol. The summed E-state index contributed by atoms with van der Waals surface area (Å²) in [7, 11) is 3.75. The van der Waals surface area contributed by atoms with Gasteiger partial charge >= 0.3 is 5.97 Å². The van der Waals surface area contributed by atoms with Gasteiger partial charge in [0.15, 0.2) is 5.82 Å². The number of fused-ring (bicyclic) bond motifs is 1. The molecule has 3 rings (SSSR count). The summed E-state index contributed by atoms with van der Waals surface area (Å²) >= 11 is 1.42. The minimum absolute atomic E-state index is 0. The van der Waals surface area contributed by atoms with Gasteiger partial charge in [-0.1, -0.05) is 0 Å². The number of nitrogens with zero attached hydrogens (tertiary/aromatic N) is 5. The van der Waals surface area contributed by atoms with Crippen LogP contribution in [0.2, 0.25) is 0 Å². The fraction of sp³-hybridized carbons (Fsp3) is 0.769. The summed E-state index contributed by atoms with van der Waals surface area (Å²) in [5, 5.41) is 23.6. The van der Waals surface area contributed by atoms with E-state index in [0.717, 1.165) is 0 Å². The zero-order valence-electron chi connectivity index (χ0n) is 14.4. The van der Waals surface area contributed by atoms with Crippen molar-refractivity contribution in [3.05, 3.63) is 5.82 Å².